The average Bonchev–Trinajstić information content (AvgIpc) is 2.73. The molecule has 0 atom stereocenters. The highest BCUT2D eigenvalue weighted by molar-refractivity contribution is 8.01. The highest BCUT2D eigenvalue weighted by atomic mass is 32.2. The summed E-state index contributed by atoms with van der Waals surface area (Å²) < 4.78 is 38.8. The number of aryl methyl sites for hydroxylation is 1. The first-order valence-electron chi connectivity index (χ1n) is 5.28. The summed E-state index contributed by atoms with van der Waals surface area (Å²) in [5, 5.41) is 8.58. The molecule has 8 heteroatoms. The Hall–Kier alpha value is -1.12. The van der Waals surface area contributed by atoms with Gasteiger partial charge >= 0.3 is 6.18 Å². The van der Waals surface area contributed by atoms with Gasteiger partial charge in [-0.05, 0) is 30.7 Å². The number of hydrogen-bond acceptors (Lipinski definition) is 5. The lowest BCUT2D eigenvalue weighted by Crippen LogP contribution is -2.11. The number of hydrogen-bond donors (Lipinski definition) is 1. The van der Waals surface area contributed by atoms with Crippen LogP contribution in [0.3, 0.4) is 0 Å². The third-order valence-electron chi connectivity index (χ3n) is 2.31. The van der Waals surface area contributed by atoms with Crippen molar-refractivity contribution in [1.82, 2.24) is 10.2 Å². The highest BCUT2D eigenvalue weighted by Crippen LogP contribution is 2.36. The molecule has 3 nitrogen and oxygen atoms in total. The third-order valence-corrected chi connectivity index (χ3v) is 4.19. The van der Waals surface area contributed by atoms with Gasteiger partial charge in [0.2, 0.25) is 0 Å². The van der Waals surface area contributed by atoms with Crippen molar-refractivity contribution in [3.05, 3.63) is 34.3 Å². The van der Waals surface area contributed by atoms with Crippen LogP contribution in [0.2, 0.25) is 0 Å². The fourth-order valence-corrected chi connectivity index (χ4v) is 3.35. The molecule has 0 unspecified atom stereocenters. The van der Waals surface area contributed by atoms with Crippen molar-refractivity contribution >= 4 is 23.1 Å². The molecule has 2 N–H and O–H groups in total. The number of benzene rings is 1. The van der Waals surface area contributed by atoms with Crippen LogP contribution in [0.1, 0.15) is 16.1 Å². The van der Waals surface area contributed by atoms with Crippen LogP contribution in [-0.4, -0.2) is 10.2 Å². The summed E-state index contributed by atoms with van der Waals surface area (Å²) >= 11 is 2.67. The Kier molecular flexibility index (Phi) is 4.12. The Bertz CT molecular complexity index is 581. The second-order valence-electron chi connectivity index (χ2n) is 3.71. The highest BCUT2D eigenvalue weighted by Gasteiger charge is 2.32. The maximum absolute atomic E-state index is 12.7. The van der Waals surface area contributed by atoms with E-state index in [1.54, 1.807) is 0 Å². The van der Waals surface area contributed by atoms with E-state index in [1.165, 1.54) is 35.2 Å². The van der Waals surface area contributed by atoms with Gasteiger partial charge in [0, 0.05) is 11.4 Å². The SMILES string of the molecule is Cc1nnc(Sc2ccc(C(F)(F)F)c(CN)c2)s1. The van der Waals surface area contributed by atoms with Gasteiger partial charge in [0.15, 0.2) is 4.34 Å². The molecular weight excluding hydrogens is 295 g/mol. The predicted molar refractivity (Wildman–Crippen MR) is 68.1 cm³/mol. The van der Waals surface area contributed by atoms with Crippen molar-refractivity contribution in [2.24, 2.45) is 5.73 Å². The standard InChI is InChI=1S/C11H10F3N3S2/c1-6-16-17-10(18-6)19-8-2-3-9(11(12,13)14)7(4-8)5-15/h2-4H,5,15H2,1H3. The number of nitrogens with two attached hydrogens (primary N) is 1. The van der Waals surface area contributed by atoms with Crippen molar-refractivity contribution in [1.29, 1.82) is 0 Å². The quantitative estimate of drug-likeness (QED) is 0.943. The summed E-state index contributed by atoms with van der Waals surface area (Å²) in [5.74, 6) is 0. The monoisotopic (exact) mass is 305 g/mol. The molecule has 0 radical (unpaired) electrons. The average molecular weight is 305 g/mol. The molecule has 1 heterocycles. The van der Waals surface area contributed by atoms with Crippen LogP contribution in [0.5, 0.6) is 0 Å². The van der Waals surface area contributed by atoms with E-state index in [2.05, 4.69) is 10.2 Å². The van der Waals surface area contributed by atoms with Crippen molar-refractivity contribution in [3.63, 3.8) is 0 Å². The van der Waals surface area contributed by atoms with E-state index in [4.69, 9.17) is 5.73 Å². The van der Waals surface area contributed by atoms with Gasteiger partial charge in [-0.15, -0.1) is 10.2 Å². The number of rotatable bonds is 3. The number of halogens is 3. The summed E-state index contributed by atoms with van der Waals surface area (Å²) in [6.45, 7) is 1.66. The number of aromatic nitrogens is 2. The van der Waals surface area contributed by atoms with Gasteiger partial charge in [-0.3, -0.25) is 0 Å². The van der Waals surface area contributed by atoms with Crippen LogP contribution in [0.4, 0.5) is 13.2 Å². The largest absolute Gasteiger partial charge is 0.416 e. The normalized spacial score (nSPS) is 11.8. The molecule has 102 valence electrons. The zero-order valence-electron chi connectivity index (χ0n) is 9.86. The molecule has 0 saturated carbocycles. The molecule has 1 aromatic heterocycles. The summed E-state index contributed by atoms with van der Waals surface area (Å²) in [5.41, 5.74) is 4.77. The minimum atomic E-state index is -4.38. The molecule has 1 aromatic carbocycles. The molecule has 19 heavy (non-hydrogen) atoms. The molecule has 0 spiro atoms. The topological polar surface area (TPSA) is 51.8 Å². The summed E-state index contributed by atoms with van der Waals surface area (Å²) in [7, 11) is 0. The van der Waals surface area contributed by atoms with Gasteiger partial charge in [-0.25, -0.2) is 0 Å². The molecule has 0 aliphatic heterocycles. The predicted octanol–water partition coefficient (Wildman–Crippen LogP) is 3.48. The fraction of sp³-hybridized carbons (Fsp3) is 0.273. The van der Waals surface area contributed by atoms with Crippen molar-refractivity contribution < 1.29 is 13.2 Å². The van der Waals surface area contributed by atoms with Gasteiger partial charge < -0.3 is 5.73 Å². The molecule has 2 aromatic rings. The first kappa shape index (κ1) is 14.3. The van der Waals surface area contributed by atoms with E-state index in [1.807, 2.05) is 6.92 Å². The van der Waals surface area contributed by atoms with Crippen LogP contribution in [0.15, 0.2) is 27.4 Å². The molecule has 0 saturated heterocycles. The first-order chi connectivity index (χ1) is 8.90. The van der Waals surface area contributed by atoms with Gasteiger partial charge in [0.05, 0.1) is 5.56 Å². The Morgan fingerprint density at radius 3 is 2.58 bits per heavy atom. The lowest BCUT2D eigenvalue weighted by Gasteiger charge is -2.12. The summed E-state index contributed by atoms with van der Waals surface area (Å²) in [6, 6.07) is 3.92. The van der Waals surface area contributed by atoms with Crippen LogP contribution in [0, 0.1) is 6.92 Å². The lowest BCUT2D eigenvalue weighted by molar-refractivity contribution is -0.138. The Balaban J connectivity index is 2.29. The Morgan fingerprint density at radius 2 is 2.05 bits per heavy atom. The molecule has 0 aliphatic carbocycles. The van der Waals surface area contributed by atoms with Crippen molar-refractivity contribution in [2.45, 2.75) is 28.9 Å². The third kappa shape index (κ3) is 3.46. The first-order valence-corrected chi connectivity index (χ1v) is 6.91. The van der Waals surface area contributed by atoms with Gasteiger partial charge in [0.25, 0.3) is 0 Å². The maximum atomic E-state index is 12.7. The van der Waals surface area contributed by atoms with E-state index in [0.717, 1.165) is 11.1 Å². The molecule has 2 rings (SSSR count). The summed E-state index contributed by atoms with van der Waals surface area (Å²) in [4.78, 5) is 0.671. The van der Waals surface area contributed by atoms with E-state index < -0.39 is 11.7 Å². The molecule has 0 fully saturated rings. The van der Waals surface area contributed by atoms with Crippen molar-refractivity contribution in [3.8, 4) is 0 Å². The van der Waals surface area contributed by atoms with E-state index in [9.17, 15) is 13.2 Å². The fourth-order valence-electron chi connectivity index (χ4n) is 1.50. The maximum Gasteiger partial charge on any atom is 0.416 e. The van der Waals surface area contributed by atoms with Gasteiger partial charge in [-0.1, -0.05) is 23.1 Å². The van der Waals surface area contributed by atoms with E-state index >= 15 is 0 Å². The zero-order chi connectivity index (χ0) is 14.0. The van der Waals surface area contributed by atoms with Gasteiger partial charge in [-0.2, -0.15) is 13.2 Å². The zero-order valence-corrected chi connectivity index (χ0v) is 11.5. The Morgan fingerprint density at radius 1 is 1.32 bits per heavy atom. The molecule has 0 bridgehead atoms. The second-order valence-corrected chi connectivity index (χ2v) is 6.21. The number of nitrogens with zero attached hydrogens (tertiary/aromatic N) is 2. The second kappa shape index (κ2) is 5.48. The minimum absolute atomic E-state index is 0.0822. The van der Waals surface area contributed by atoms with Crippen molar-refractivity contribution in [2.75, 3.05) is 0 Å². The van der Waals surface area contributed by atoms with E-state index in [-0.39, 0.29) is 12.1 Å². The van der Waals surface area contributed by atoms with Crippen LogP contribution >= 0.6 is 23.1 Å². The van der Waals surface area contributed by atoms with Gasteiger partial charge in [0.1, 0.15) is 5.01 Å². The number of alkyl halides is 3. The smallest absolute Gasteiger partial charge is 0.326 e. The lowest BCUT2D eigenvalue weighted by atomic mass is 10.1. The molecule has 0 aliphatic rings. The Labute approximate surface area is 116 Å². The minimum Gasteiger partial charge on any atom is -0.326 e. The molecular formula is C11H10F3N3S2. The van der Waals surface area contributed by atoms with Crippen LogP contribution < -0.4 is 5.73 Å². The van der Waals surface area contributed by atoms with Crippen LogP contribution in [0.25, 0.3) is 0 Å². The summed E-state index contributed by atoms with van der Waals surface area (Å²) in [6.07, 6.45) is -4.38. The molecule has 0 amide bonds. The van der Waals surface area contributed by atoms with E-state index in [0.29, 0.717) is 9.24 Å². The van der Waals surface area contributed by atoms with Crippen LogP contribution in [-0.2, 0) is 12.7 Å².